The molecule has 4 N–H and O–H groups in total. The molecule has 4 aromatic carbocycles. The zero-order valence-electron chi connectivity index (χ0n) is 39.2. The Morgan fingerprint density at radius 3 is 1.09 bits per heavy atom. The molecule has 4 atom stereocenters. The van der Waals surface area contributed by atoms with E-state index in [0.29, 0.717) is 12.8 Å². The van der Waals surface area contributed by atoms with Crippen molar-refractivity contribution in [2.24, 2.45) is 0 Å². The number of carbonyl (C=O) groups is 6. The van der Waals surface area contributed by atoms with Crippen LogP contribution in [0.2, 0.25) is 0 Å². The number of ether oxygens (including phenoxy) is 4. The highest BCUT2D eigenvalue weighted by Crippen LogP contribution is 2.46. The molecule has 68 heavy (non-hydrogen) atoms. The van der Waals surface area contributed by atoms with Crippen molar-refractivity contribution in [3.05, 3.63) is 119 Å². The predicted molar refractivity (Wildman–Crippen MR) is 251 cm³/mol. The second-order valence-corrected chi connectivity index (χ2v) is 19.4. The molecule has 360 valence electrons. The molecule has 2 saturated heterocycles. The fourth-order valence-electron chi connectivity index (χ4n) is 9.35. The summed E-state index contributed by atoms with van der Waals surface area (Å²) < 4.78 is 21.8. The number of benzene rings is 4. The maximum absolute atomic E-state index is 12.6. The number of amides is 4. The van der Waals surface area contributed by atoms with Gasteiger partial charge >= 0.3 is 36.3 Å². The molecular formula is C52H60N4O12. The van der Waals surface area contributed by atoms with Gasteiger partial charge in [-0.1, -0.05) is 97.1 Å². The van der Waals surface area contributed by atoms with Crippen LogP contribution in [0, 0.1) is 0 Å². The Labute approximate surface area is 395 Å². The third-order valence-electron chi connectivity index (χ3n) is 12.4. The minimum atomic E-state index is -1.13. The molecule has 0 bridgehead atoms. The lowest BCUT2D eigenvalue weighted by molar-refractivity contribution is -0.145. The fourth-order valence-corrected chi connectivity index (χ4v) is 9.35. The van der Waals surface area contributed by atoms with E-state index in [9.17, 15) is 39.0 Å². The lowest BCUT2D eigenvalue weighted by atomic mass is 9.97. The number of carbonyl (C=O) groups excluding carboxylic acids is 4. The Morgan fingerprint density at radius 1 is 0.515 bits per heavy atom. The van der Waals surface area contributed by atoms with E-state index in [1.807, 2.05) is 72.8 Å². The molecule has 16 nitrogen and oxygen atoms in total. The number of likely N-dealkylation sites (tertiary alicyclic amines) is 2. The topological polar surface area (TPSA) is 210 Å². The molecule has 0 saturated carbocycles. The quantitative estimate of drug-likeness (QED) is 0.122. The smallest absolute Gasteiger partial charge is 0.411 e. The number of piperidine rings is 2. The average molecular weight is 933 g/mol. The lowest BCUT2D eigenvalue weighted by Gasteiger charge is -2.37. The van der Waals surface area contributed by atoms with Crippen molar-refractivity contribution in [1.29, 1.82) is 0 Å². The number of nitrogens with zero attached hydrogens (tertiary/aromatic N) is 2. The maximum atomic E-state index is 12.6. The molecule has 2 aliphatic heterocycles. The van der Waals surface area contributed by atoms with Gasteiger partial charge in [-0.2, -0.15) is 0 Å². The van der Waals surface area contributed by atoms with Crippen LogP contribution in [0.3, 0.4) is 0 Å². The third kappa shape index (κ3) is 11.5. The number of hydrogen-bond acceptors (Lipinski definition) is 10. The van der Waals surface area contributed by atoms with E-state index in [1.165, 1.54) is 9.80 Å². The Morgan fingerprint density at radius 2 is 0.809 bits per heavy atom. The van der Waals surface area contributed by atoms with Crippen molar-refractivity contribution in [2.75, 3.05) is 26.3 Å². The van der Waals surface area contributed by atoms with Crippen molar-refractivity contribution >= 4 is 36.3 Å². The molecule has 2 aliphatic carbocycles. The van der Waals surface area contributed by atoms with Gasteiger partial charge in [0.05, 0.1) is 0 Å². The number of fused-ring (bicyclic) bond motifs is 6. The molecule has 8 rings (SSSR count). The van der Waals surface area contributed by atoms with E-state index in [4.69, 9.17) is 18.9 Å². The zero-order chi connectivity index (χ0) is 48.9. The summed E-state index contributed by atoms with van der Waals surface area (Å²) in [6.45, 7) is 11.1. The first-order valence-corrected chi connectivity index (χ1v) is 23.0. The summed E-state index contributed by atoms with van der Waals surface area (Å²) >= 11 is 0. The van der Waals surface area contributed by atoms with Gasteiger partial charge in [0.2, 0.25) is 0 Å². The summed E-state index contributed by atoms with van der Waals surface area (Å²) in [5, 5.41) is 24.9. The SMILES string of the molecule is CC(C)(C)OC(=O)N1CC[C@@H](NC(=O)OCC2c3ccccc3-c3ccccc32)C[C@@H]1C(=O)O.CC(C)(C)OC(=O)N1CC[C@H](NC(=O)OCC2c3ccccc3-c3ccccc32)C[C@H]1C(=O)O. The van der Waals surface area contributed by atoms with Crippen LogP contribution in [0.4, 0.5) is 19.2 Å². The number of aliphatic carboxylic acids is 2. The van der Waals surface area contributed by atoms with Gasteiger partial charge in [0.25, 0.3) is 0 Å². The van der Waals surface area contributed by atoms with Crippen LogP contribution in [0.15, 0.2) is 97.1 Å². The molecule has 4 amide bonds. The van der Waals surface area contributed by atoms with Gasteiger partial charge in [-0.05, 0) is 112 Å². The predicted octanol–water partition coefficient (Wildman–Crippen LogP) is 8.76. The highest BCUT2D eigenvalue weighted by molar-refractivity contribution is 5.83. The Balaban J connectivity index is 0.000000201. The Hall–Kier alpha value is -7.10. The number of carboxylic acids is 2. The first kappa shape index (κ1) is 48.8. The summed E-state index contributed by atoms with van der Waals surface area (Å²) in [5.41, 5.74) is 7.60. The van der Waals surface area contributed by atoms with Crippen LogP contribution < -0.4 is 10.6 Å². The summed E-state index contributed by atoms with van der Waals surface area (Å²) in [4.78, 5) is 76.1. The number of nitrogens with one attached hydrogen (secondary N) is 2. The van der Waals surface area contributed by atoms with Crippen molar-refractivity contribution in [2.45, 2.75) is 114 Å². The third-order valence-corrected chi connectivity index (χ3v) is 12.4. The van der Waals surface area contributed by atoms with Gasteiger partial charge in [0.15, 0.2) is 0 Å². The molecular weight excluding hydrogens is 873 g/mol. The average Bonchev–Trinajstić information content (AvgIpc) is 3.78. The Kier molecular flexibility index (Phi) is 14.7. The van der Waals surface area contributed by atoms with Gasteiger partial charge in [-0.15, -0.1) is 0 Å². The van der Waals surface area contributed by atoms with Crippen molar-refractivity contribution < 1.29 is 57.9 Å². The van der Waals surface area contributed by atoms with Crippen LogP contribution in [-0.4, -0.2) is 118 Å². The molecule has 16 heteroatoms. The van der Waals surface area contributed by atoms with Crippen molar-refractivity contribution in [1.82, 2.24) is 20.4 Å². The summed E-state index contributed by atoms with van der Waals surface area (Å²) in [6.07, 6.45) is -1.54. The minimum absolute atomic E-state index is 0.0565. The van der Waals surface area contributed by atoms with Gasteiger partial charge < -0.3 is 39.8 Å². The molecule has 0 aromatic heterocycles. The summed E-state index contributed by atoms with van der Waals surface area (Å²) in [7, 11) is 0. The fraction of sp³-hybridized carbons (Fsp3) is 0.423. The van der Waals surface area contributed by atoms with Crippen LogP contribution in [-0.2, 0) is 28.5 Å². The highest BCUT2D eigenvalue weighted by atomic mass is 16.6. The van der Waals surface area contributed by atoms with Gasteiger partial charge in [-0.25, -0.2) is 28.8 Å². The van der Waals surface area contributed by atoms with Crippen LogP contribution in [0.1, 0.15) is 101 Å². The normalized spacial score (nSPS) is 19.7. The number of hydrogen-bond donors (Lipinski definition) is 4. The maximum Gasteiger partial charge on any atom is 0.411 e. The van der Waals surface area contributed by atoms with Gasteiger partial charge in [-0.3, -0.25) is 9.80 Å². The first-order chi connectivity index (χ1) is 32.3. The highest BCUT2D eigenvalue weighted by Gasteiger charge is 2.41. The van der Waals surface area contributed by atoms with Crippen molar-refractivity contribution in [3.8, 4) is 22.3 Å². The Bertz CT molecular complexity index is 2270. The molecule has 4 aromatic rings. The zero-order valence-corrected chi connectivity index (χ0v) is 39.2. The van der Waals surface area contributed by atoms with Gasteiger partial charge in [0, 0.05) is 37.0 Å². The first-order valence-electron chi connectivity index (χ1n) is 23.0. The molecule has 2 fully saturated rings. The van der Waals surface area contributed by atoms with Crippen LogP contribution in [0.25, 0.3) is 22.3 Å². The summed E-state index contributed by atoms with van der Waals surface area (Å²) in [6, 6.07) is 29.3. The second-order valence-electron chi connectivity index (χ2n) is 19.4. The minimum Gasteiger partial charge on any atom is -0.480 e. The lowest BCUT2D eigenvalue weighted by Crippen LogP contribution is -2.55. The molecule has 4 aliphatic rings. The number of alkyl carbamates (subject to hydrolysis) is 2. The van der Waals surface area contributed by atoms with Crippen LogP contribution in [0.5, 0.6) is 0 Å². The molecule has 2 heterocycles. The van der Waals surface area contributed by atoms with E-state index in [-0.39, 0.29) is 51.0 Å². The second kappa shape index (κ2) is 20.4. The number of carboxylic acid groups (broad SMARTS) is 2. The summed E-state index contributed by atoms with van der Waals surface area (Å²) in [5.74, 6) is -2.38. The monoisotopic (exact) mass is 932 g/mol. The van der Waals surface area contributed by atoms with E-state index in [0.717, 1.165) is 44.5 Å². The van der Waals surface area contributed by atoms with E-state index >= 15 is 0 Å². The molecule has 0 radical (unpaired) electrons. The van der Waals surface area contributed by atoms with Crippen LogP contribution >= 0.6 is 0 Å². The van der Waals surface area contributed by atoms with E-state index in [2.05, 4.69) is 34.9 Å². The molecule has 0 spiro atoms. The van der Waals surface area contributed by atoms with E-state index in [1.54, 1.807) is 41.5 Å². The van der Waals surface area contributed by atoms with E-state index < -0.39 is 71.7 Å². The molecule has 0 unspecified atom stereocenters. The standard InChI is InChI=1S/2C26H30N2O6/c2*1-26(2,3)34-25(32)28-13-12-16(14-22(28)23(29)30)27-24(31)33-15-21-19-10-6-4-8-17(19)18-9-5-7-11-20(18)21/h2*4-11,16,21-22H,12-15H2,1-3H3,(H,27,31)(H,29,30)/t2*16-,22-/m10/s1. The van der Waals surface area contributed by atoms with Gasteiger partial charge in [0.1, 0.15) is 36.5 Å². The largest absolute Gasteiger partial charge is 0.480 e. The number of rotatable bonds is 8. The van der Waals surface area contributed by atoms with Crippen molar-refractivity contribution in [3.63, 3.8) is 0 Å².